The normalized spacial score (nSPS) is 17.5. The number of anilines is 2. The van der Waals surface area contributed by atoms with Crippen LogP contribution in [0.5, 0.6) is 0 Å². The van der Waals surface area contributed by atoms with Crippen LogP contribution in [0.25, 0.3) is 0 Å². The van der Waals surface area contributed by atoms with E-state index in [1.54, 1.807) is 4.90 Å². The van der Waals surface area contributed by atoms with Gasteiger partial charge in [-0.25, -0.2) is 0 Å². The molecule has 2 aromatic carbocycles. The van der Waals surface area contributed by atoms with Crippen LogP contribution in [-0.2, 0) is 12.4 Å². The number of rotatable bonds is 8. The molecule has 0 unspecified atom stereocenters. The quantitative estimate of drug-likeness (QED) is 0.169. The lowest BCUT2D eigenvalue weighted by Gasteiger charge is -2.36. The van der Waals surface area contributed by atoms with Crippen LogP contribution >= 0.6 is 12.2 Å². The van der Waals surface area contributed by atoms with Crippen LogP contribution in [0.3, 0.4) is 0 Å². The molecule has 0 radical (unpaired) electrons. The monoisotopic (exact) mass is 603 g/mol. The van der Waals surface area contributed by atoms with Crippen LogP contribution in [-0.4, -0.2) is 66.7 Å². The average molecular weight is 604 g/mol. The van der Waals surface area contributed by atoms with Gasteiger partial charge in [-0.15, -0.1) is 0 Å². The molecule has 41 heavy (non-hydrogen) atoms. The number of halogens is 6. The molecule has 2 heterocycles. The second-order valence-electron chi connectivity index (χ2n) is 10.3. The third kappa shape index (κ3) is 8.22. The van der Waals surface area contributed by atoms with Gasteiger partial charge in [0.15, 0.2) is 0 Å². The summed E-state index contributed by atoms with van der Waals surface area (Å²) in [6.45, 7) is 4.91. The van der Waals surface area contributed by atoms with Gasteiger partial charge in [0.1, 0.15) is 5.56 Å². The molecule has 0 aliphatic carbocycles. The number of hydrogen-bond acceptors (Lipinski definition) is 6. The second kappa shape index (κ2) is 12.8. The van der Waals surface area contributed by atoms with Gasteiger partial charge in [-0.2, -0.15) is 26.3 Å². The van der Waals surface area contributed by atoms with E-state index in [0.717, 1.165) is 74.1 Å². The molecule has 2 aromatic rings. The maximum absolute atomic E-state index is 13.3. The summed E-state index contributed by atoms with van der Waals surface area (Å²) in [5, 5.41) is 14.4. The molecule has 224 valence electrons. The number of piperidine rings is 1. The summed E-state index contributed by atoms with van der Waals surface area (Å²) in [4.78, 5) is 16.9. The number of alkyl halides is 6. The highest BCUT2D eigenvalue weighted by atomic mass is 32.1. The van der Waals surface area contributed by atoms with Crippen LogP contribution in [0.2, 0.25) is 0 Å². The number of thiocarbonyl (C=S) groups is 1. The zero-order chi connectivity index (χ0) is 29.8. The minimum atomic E-state index is -4.82. The van der Waals surface area contributed by atoms with Crippen LogP contribution < -0.4 is 15.1 Å². The third-order valence-corrected chi connectivity index (χ3v) is 7.84. The summed E-state index contributed by atoms with van der Waals surface area (Å²) in [6.07, 6.45) is -6.26. The van der Waals surface area contributed by atoms with Gasteiger partial charge in [-0.05, 0) is 68.6 Å². The van der Waals surface area contributed by atoms with Crippen molar-refractivity contribution in [1.29, 1.82) is 0 Å². The SMILES string of the molecule is O=[N+]([O-])c1ccc(N2CCC(NC(=S)CCCN3CCN(c4ccc(C(F)(F)F)cc4)CC3)CC2)cc1C(F)(F)F. The summed E-state index contributed by atoms with van der Waals surface area (Å²) in [7, 11) is 0. The maximum Gasteiger partial charge on any atom is 0.423 e. The largest absolute Gasteiger partial charge is 0.423 e. The molecular weight excluding hydrogens is 572 g/mol. The first-order valence-electron chi connectivity index (χ1n) is 13.4. The van der Waals surface area contributed by atoms with Gasteiger partial charge in [0.2, 0.25) is 0 Å². The minimum absolute atomic E-state index is 0.103. The Morgan fingerprint density at radius 1 is 0.878 bits per heavy atom. The lowest BCUT2D eigenvalue weighted by Crippen LogP contribution is -2.47. The molecule has 2 fully saturated rings. The summed E-state index contributed by atoms with van der Waals surface area (Å²) in [6, 6.07) is 8.46. The smallest absolute Gasteiger partial charge is 0.377 e. The predicted molar refractivity (Wildman–Crippen MR) is 148 cm³/mol. The third-order valence-electron chi connectivity index (χ3n) is 7.52. The van der Waals surface area contributed by atoms with Gasteiger partial charge >= 0.3 is 12.4 Å². The minimum Gasteiger partial charge on any atom is -0.377 e. The number of nitrogens with zero attached hydrogens (tertiary/aromatic N) is 4. The molecule has 0 spiro atoms. The van der Waals surface area contributed by atoms with Crippen molar-refractivity contribution in [3.05, 3.63) is 63.7 Å². The molecule has 0 amide bonds. The Kier molecular flexibility index (Phi) is 9.62. The maximum atomic E-state index is 13.3. The van der Waals surface area contributed by atoms with Crippen LogP contribution in [0.15, 0.2) is 42.5 Å². The summed E-state index contributed by atoms with van der Waals surface area (Å²) in [5.41, 5.74) is -1.77. The van der Waals surface area contributed by atoms with Gasteiger partial charge in [0.05, 0.1) is 15.5 Å². The molecule has 2 aliphatic rings. The number of benzene rings is 2. The zero-order valence-electron chi connectivity index (χ0n) is 22.2. The van der Waals surface area contributed by atoms with E-state index in [0.29, 0.717) is 38.0 Å². The Labute approximate surface area is 239 Å². The van der Waals surface area contributed by atoms with Crippen molar-refractivity contribution in [3.8, 4) is 0 Å². The van der Waals surface area contributed by atoms with Crippen molar-refractivity contribution in [2.24, 2.45) is 0 Å². The fourth-order valence-corrected chi connectivity index (χ4v) is 5.55. The summed E-state index contributed by atoms with van der Waals surface area (Å²) < 4.78 is 78.4. The Hall–Kier alpha value is -3.13. The molecule has 2 aliphatic heterocycles. The van der Waals surface area contributed by atoms with E-state index in [9.17, 15) is 36.5 Å². The van der Waals surface area contributed by atoms with Crippen LogP contribution in [0.1, 0.15) is 36.8 Å². The van der Waals surface area contributed by atoms with Gasteiger partial charge < -0.3 is 15.1 Å². The Morgan fingerprint density at radius 2 is 1.46 bits per heavy atom. The van der Waals surface area contributed by atoms with Gasteiger partial charge in [0, 0.05) is 62.8 Å². The van der Waals surface area contributed by atoms with Crippen molar-refractivity contribution < 1.29 is 31.3 Å². The molecule has 0 aromatic heterocycles. The zero-order valence-corrected chi connectivity index (χ0v) is 23.0. The molecule has 0 atom stereocenters. The van der Waals surface area contributed by atoms with E-state index < -0.39 is 34.1 Å². The molecular formula is C27H31F6N5O2S. The molecule has 7 nitrogen and oxygen atoms in total. The fraction of sp³-hybridized carbons (Fsp3) is 0.519. The first-order chi connectivity index (χ1) is 19.3. The highest BCUT2D eigenvalue weighted by Crippen LogP contribution is 2.38. The topological polar surface area (TPSA) is 64.9 Å². The van der Waals surface area contributed by atoms with Gasteiger partial charge in [-0.1, -0.05) is 12.2 Å². The summed E-state index contributed by atoms with van der Waals surface area (Å²) in [5.74, 6) is 0. The Bertz CT molecular complexity index is 1210. The van der Waals surface area contributed by atoms with E-state index >= 15 is 0 Å². The molecule has 0 bridgehead atoms. The Morgan fingerprint density at radius 3 is 2.02 bits per heavy atom. The number of nitro benzene ring substituents is 1. The van der Waals surface area contributed by atoms with Crippen LogP contribution in [0, 0.1) is 10.1 Å². The number of piperazine rings is 1. The van der Waals surface area contributed by atoms with E-state index in [1.807, 2.05) is 0 Å². The number of hydrogen-bond donors (Lipinski definition) is 1. The second-order valence-corrected chi connectivity index (χ2v) is 10.8. The number of nitrogens with one attached hydrogen (secondary N) is 1. The molecule has 4 rings (SSSR count). The van der Waals surface area contributed by atoms with Crippen molar-refractivity contribution in [1.82, 2.24) is 10.2 Å². The van der Waals surface area contributed by atoms with Crippen molar-refractivity contribution in [3.63, 3.8) is 0 Å². The standard InChI is InChI=1S/C27H31F6N5O2S/c28-26(29,30)19-3-5-21(6-4-19)37-16-14-35(15-17-37)11-1-2-25(41)34-20-9-12-36(13-10-20)22-7-8-24(38(39)40)23(18-22)27(31,32)33/h3-8,18,20H,1-2,9-17H2,(H,34,41). The lowest BCUT2D eigenvalue weighted by molar-refractivity contribution is -0.388. The molecule has 2 saturated heterocycles. The highest BCUT2D eigenvalue weighted by Gasteiger charge is 2.39. The summed E-state index contributed by atoms with van der Waals surface area (Å²) >= 11 is 5.52. The van der Waals surface area contributed by atoms with E-state index in [4.69, 9.17) is 12.2 Å². The predicted octanol–water partition coefficient (Wildman–Crippen LogP) is 6.12. The van der Waals surface area contributed by atoms with Crippen molar-refractivity contribution >= 4 is 34.3 Å². The van der Waals surface area contributed by atoms with Crippen LogP contribution in [0.4, 0.5) is 43.4 Å². The van der Waals surface area contributed by atoms with Gasteiger partial charge in [-0.3, -0.25) is 15.0 Å². The average Bonchev–Trinajstić information content (AvgIpc) is 2.92. The van der Waals surface area contributed by atoms with Crippen molar-refractivity contribution in [2.75, 3.05) is 55.6 Å². The number of nitro groups is 1. The molecule has 0 saturated carbocycles. The van der Waals surface area contributed by atoms with Crippen molar-refractivity contribution in [2.45, 2.75) is 44.1 Å². The van der Waals surface area contributed by atoms with Gasteiger partial charge in [0.25, 0.3) is 5.69 Å². The molecule has 14 heteroatoms. The van der Waals surface area contributed by atoms with E-state index in [2.05, 4.69) is 15.1 Å². The molecule has 1 N–H and O–H groups in total. The van der Waals surface area contributed by atoms with E-state index in [-0.39, 0.29) is 6.04 Å². The fourth-order valence-electron chi connectivity index (χ4n) is 5.24. The van der Waals surface area contributed by atoms with E-state index in [1.165, 1.54) is 18.2 Å². The highest BCUT2D eigenvalue weighted by molar-refractivity contribution is 7.80. The Balaban J connectivity index is 1.16. The lowest BCUT2D eigenvalue weighted by atomic mass is 10.0. The first-order valence-corrected chi connectivity index (χ1v) is 13.8. The first kappa shape index (κ1) is 30.8.